The van der Waals surface area contributed by atoms with Gasteiger partial charge in [0.2, 0.25) is 0 Å². The Morgan fingerprint density at radius 3 is 2.30 bits per heavy atom. The monoisotopic (exact) mass is 418 g/mol. The van der Waals surface area contributed by atoms with Crippen LogP contribution in [0, 0.1) is 6.92 Å². The van der Waals surface area contributed by atoms with Crippen LogP contribution in [0.2, 0.25) is 0 Å². The van der Waals surface area contributed by atoms with Crippen molar-refractivity contribution in [2.24, 2.45) is 0 Å². The zero-order chi connectivity index (χ0) is 21.8. The van der Waals surface area contributed by atoms with E-state index in [1.54, 1.807) is 0 Å². The molecule has 1 saturated heterocycles. The molecular formula is C23H30O7. The summed E-state index contributed by atoms with van der Waals surface area (Å²) < 4.78 is 16.7. The van der Waals surface area contributed by atoms with E-state index in [4.69, 9.17) is 14.2 Å². The molecule has 164 valence electrons. The summed E-state index contributed by atoms with van der Waals surface area (Å²) in [6.45, 7) is 4.05. The number of rotatable bonds is 7. The Labute approximate surface area is 176 Å². The van der Waals surface area contributed by atoms with Crippen molar-refractivity contribution < 1.29 is 34.6 Å². The van der Waals surface area contributed by atoms with Gasteiger partial charge in [0.25, 0.3) is 0 Å². The maximum Gasteiger partial charge on any atom is 0.125 e. The summed E-state index contributed by atoms with van der Waals surface area (Å²) in [5, 5.41) is 40.3. The highest BCUT2D eigenvalue weighted by atomic mass is 16.5. The number of ether oxygens (including phenoxy) is 3. The quantitative estimate of drug-likeness (QED) is 0.540. The van der Waals surface area contributed by atoms with E-state index in [1.165, 1.54) is 7.11 Å². The molecule has 30 heavy (non-hydrogen) atoms. The second kappa shape index (κ2) is 9.76. The molecule has 0 amide bonds. The molecule has 0 spiro atoms. The van der Waals surface area contributed by atoms with Crippen LogP contribution < -0.4 is 9.47 Å². The van der Waals surface area contributed by atoms with Crippen LogP contribution in [0.4, 0.5) is 0 Å². The van der Waals surface area contributed by atoms with E-state index in [0.29, 0.717) is 24.3 Å². The molecule has 2 aromatic rings. The van der Waals surface area contributed by atoms with Gasteiger partial charge in [-0.15, -0.1) is 0 Å². The first-order valence-corrected chi connectivity index (χ1v) is 10.1. The number of aryl methyl sites for hydroxylation is 1. The van der Waals surface area contributed by atoms with Crippen molar-refractivity contribution >= 4 is 0 Å². The number of hydrogen-bond acceptors (Lipinski definition) is 7. The van der Waals surface area contributed by atoms with Gasteiger partial charge in [-0.2, -0.15) is 0 Å². The number of hydrogen-bond donors (Lipinski definition) is 4. The van der Waals surface area contributed by atoms with Crippen LogP contribution in [-0.4, -0.2) is 65.2 Å². The van der Waals surface area contributed by atoms with Crippen LogP contribution in [0.5, 0.6) is 11.5 Å². The van der Waals surface area contributed by atoms with Gasteiger partial charge in [-0.1, -0.05) is 12.1 Å². The molecule has 2 aromatic carbocycles. The fourth-order valence-electron chi connectivity index (χ4n) is 3.78. The second-order valence-corrected chi connectivity index (χ2v) is 7.52. The fraction of sp³-hybridized carbons (Fsp3) is 0.478. The van der Waals surface area contributed by atoms with Gasteiger partial charge in [0, 0.05) is 5.56 Å². The van der Waals surface area contributed by atoms with Gasteiger partial charge < -0.3 is 34.6 Å². The van der Waals surface area contributed by atoms with Gasteiger partial charge >= 0.3 is 0 Å². The number of aliphatic hydroxyl groups is 4. The number of methoxy groups -OCH3 is 1. The molecule has 0 radical (unpaired) electrons. The minimum Gasteiger partial charge on any atom is -0.496 e. The van der Waals surface area contributed by atoms with Gasteiger partial charge in [-0.05, 0) is 61.2 Å². The third-order valence-corrected chi connectivity index (χ3v) is 5.52. The summed E-state index contributed by atoms with van der Waals surface area (Å²) in [4.78, 5) is 0. The zero-order valence-electron chi connectivity index (χ0n) is 17.5. The highest BCUT2D eigenvalue weighted by molar-refractivity contribution is 5.46. The standard InChI is InChI=1S/C23H30O7/c1-4-29-16-7-5-14(6-8-16)10-15-11-17(18(28-3)9-13(15)2)23-22(27)21(26)20(25)19(12-24)30-23/h5-9,11,19-27H,4,10,12H2,1-3H3. The Hall–Kier alpha value is -2.16. The second-order valence-electron chi connectivity index (χ2n) is 7.52. The molecule has 0 saturated carbocycles. The summed E-state index contributed by atoms with van der Waals surface area (Å²) in [6, 6.07) is 11.6. The van der Waals surface area contributed by atoms with Crippen molar-refractivity contribution in [3.05, 3.63) is 58.7 Å². The van der Waals surface area contributed by atoms with Crippen LogP contribution in [0.15, 0.2) is 36.4 Å². The average molecular weight is 418 g/mol. The highest BCUT2D eigenvalue weighted by Gasteiger charge is 2.44. The molecule has 0 aromatic heterocycles. The lowest BCUT2D eigenvalue weighted by atomic mass is 9.88. The van der Waals surface area contributed by atoms with E-state index in [1.807, 2.05) is 50.2 Å². The first kappa shape index (κ1) is 22.5. The van der Waals surface area contributed by atoms with Gasteiger partial charge in [-0.25, -0.2) is 0 Å². The van der Waals surface area contributed by atoms with E-state index in [-0.39, 0.29) is 0 Å². The summed E-state index contributed by atoms with van der Waals surface area (Å²) in [6.07, 6.45) is -5.49. The molecule has 1 aliphatic heterocycles. The van der Waals surface area contributed by atoms with Crippen molar-refractivity contribution in [2.45, 2.75) is 50.8 Å². The van der Waals surface area contributed by atoms with Gasteiger partial charge in [0.05, 0.1) is 20.3 Å². The van der Waals surface area contributed by atoms with E-state index in [2.05, 4.69) is 0 Å². The van der Waals surface area contributed by atoms with Crippen LogP contribution in [0.1, 0.15) is 35.3 Å². The van der Waals surface area contributed by atoms with Crippen LogP contribution in [-0.2, 0) is 11.2 Å². The number of benzene rings is 2. The van der Waals surface area contributed by atoms with Crippen molar-refractivity contribution in [3.63, 3.8) is 0 Å². The minimum absolute atomic E-state index is 0.478. The maximum atomic E-state index is 10.5. The Morgan fingerprint density at radius 2 is 1.70 bits per heavy atom. The van der Waals surface area contributed by atoms with Crippen LogP contribution in [0.25, 0.3) is 0 Å². The maximum absolute atomic E-state index is 10.5. The van der Waals surface area contributed by atoms with E-state index < -0.39 is 37.1 Å². The smallest absolute Gasteiger partial charge is 0.125 e. The lowest BCUT2D eigenvalue weighted by Gasteiger charge is -2.40. The lowest BCUT2D eigenvalue weighted by Crippen LogP contribution is -2.55. The first-order chi connectivity index (χ1) is 14.4. The molecule has 7 nitrogen and oxygen atoms in total. The molecule has 4 N–H and O–H groups in total. The van der Waals surface area contributed by atoms with Gasteiger partial charge in [-0.3, -0.25) is 0 Å². The van der Waals surface area contributed by atoms with Crippen molar-refractivity contribution in [1.82, 2.24) is 0 Å². The molecule has 3 rings (SSSR count). The Morgan fingerprint density at radius 1 is 1.00 bits per heavy atom. The Balaban J connectivity index is 1.93. The lowest BCUT2D eigenvalue weighted by molar-refractivity contribution is -0.232. The Kier molecular flexibility index (Phi) is 7.33. The van der Waals surface area contributed by atoms with E-state index in [9.17, 15) is 20.4 Å². The van der Waals surface area contributed by atoms with Crippen molar-refractivity contribution in [2.75, 3.05) is 20.3 Å². The molecule has 1 aliphatic rings. The average Bonchev–Trinajstić information content (AvgIpc) is 2.75. The van der Waals surface area contributed by atoms with Crippen LogP contribution in [0.3, 0.4) is 0 Å². The molecule has 1 fully saturated rings. The van der Waals surface area contributed by atoms with E-state index >= 15 is 0 Å². The van der Waals surface area contributed by atoms with Gasteiger partial charge in [0.1, 0.15) is 42.0 Å². The summed E-state index contributed by atoms with van der Waals surface area (Å²) in [7, 11) is 1.52. The predicted molar refractivity (Wildman–Crippen MR) is 111 cm³/mol. The summed E-state index contributed by atoms with van der Waals surface area (Å²) >= 11 is 0. The third-order valence-electron chi connectivity index (χ3n) is 5.52. The van der Waals surface area contributed by atoms with Crippen molar-refractivity contribution in [1.29, 1.82) is 0 Å². The minimum atomic E-state index is -1.44. The topological polar surface area (TPSA) is 109 Å². The SMILES string of the molecule is CCOc1ccc(Cc2cc(C3OC(CO)C(O)C(O)C3O)c(OC)cc2C)cc1. The molecule has 0 bridgehead atoms. The summed E-state index contributed by atoms with van der Waals surface area (Å²) in [5.74, 6) is 1.32. The zero-order valence-corrected chi connectivity index (χ0v) is 17.5. The normalized spacial score (nSPS) is 26.4. The molecule has 7 heteroatoms. The van der Waals surface area contributed by atoms with Gasteiger partial charge in [0.15, 0.2) is 0 Å². The van der Waals surface area contributed by atoms with Crippen molar-refractivity contribution in [3.8, 4) is 11.5 Å². The predicted octanol–water partition coefficient (Wildman–Crippen LogP) is 1.51. The largest absolute Gasteiger partial charge is 0.496 e. The molecule has 5 atom stereocenters. The molecule has 0 aliphatic carbocycles. The molecule has 1 heterocycles. The summed E-state index contributed by atoms with van der Waals surface area (Å²) in [5.41, 5.74) is 3.66. The highest BCUT2D eigenvalue weighted by Crippen LogP contribution is 2.38. The molecule has 5 unspecified atom stereocenters. The van der Waals surface area contributed by atoms with E-state index in [0.717, 1.165) is 22.4 Å². The Bertz CT molecular complexity index is 834. The number of aliphatic hydroxyl groups excluding tert-OH is 4. The first-order valence-electron chi connectivity index (χ1n) is 10.1. The fourth-order valence-corrected chi connectivity index (χ4v) is 3.78. The third kappa shape index (κ3) is 4.61. The molecular weight excluding hydrogens is 388 g/mol. The van der Waals surface area contributed by atoms with Crippen LogP contribution >= 0.6 is 0 Å².